The first kappa shape index (κ1) is 46.7. The molecule has 338 valence electrons. The van der Waals surface area contributed by atoms with Crippen molar-refractivity contribution in [3.05, 3.63) is 107 Å². The van der Waals surface area contributed by atoms with Gasteiger partial charge in [-0.15, -0.1) is 0 Å². The van der Waals surface area contributed by atoms with Crippen molar-refractivity contribution in [2.45, 2.75) is 69.7 Å². The average molecular weight is 902 g/mol. The first-order chi connectivity index (χ1) is 30.6. The number of aryl methyl sites for hydroxylation is 1. The van der Waals surface area contributed by atoms with Crippen molar-refractivity contribution < 1.29 is 49.3 Å². The molecular weight excluding hydrogens is 843 g/mol. The van der Waals surface area contributed by atoms with Crippen LogP contribution in [0.5, 0.6) is 17.2 Å². The van der Waals surface area contributed by atoms with Crippen LogP contribution in [0.3, 0.4) is 0 Å². The number of aromatic hydroxyl groups is 1. The number of hydrogen-bond donors (Lipinski definition) is 7. The van der Waals surface area contributed by atoms with Gasteiger partial charge in [0.2, 0.25) is 6.29 Å². The number of carboxylic acids is 1. The lowest BCUT2D eigenvalue weighted by molar-refractivity contribution is -0.316. The predicted octanol–water partition coefficient (Wildman–Crippen LogP) is 6.73. The Morgan fingerprint density at radius 3 is 2.71 bits per heavy atom. The fourth-order valence-corrected chi connectivity index (χ4v) is 10.7. The smallest absolute Gasteiger partial charge is 0.335 e. The molecule has 4 heterocycles. The lowest BCUT2D eigenvalue weighted by Crippen LogP contribution is -2.72. The van der Waals surface area contributed by atoms with E-state index in [2.05, 4.69) is 72.0 Å². The predicted molar refractivity (Wildman–Crippen MR) is 249 cm³/mol. The van der Waals surface area contributed by atoms with Crippen LogP contribution in [0.1, 0.15) is 55.4 Å². The number of rotatable bonds is 15. The number of β-amino-alcohol motifs (C(OH)–C–C–N with tert-alkyl or cyclic N) is 1. The summed E-state index contributed by atoms with van der Waals surface area (Å²) < 4.78 is 24.4. The van der Waals surface area contributed by atoms with Gasteiger partial charge in [-0.3, -0.25) is 4.99 Å². The molecule has 13 nitrogen and oxygen atoms in total. The molecule has 4 aliphatic rings. The Morgan fingerprint density at radius 1 is 1.11 bits per heavy atom. The Bertz CT molecular complexity index is 2150. The summed E-state index contributed by atoms with van der Waals surface area (Å²) in [6.45, 7) is 7.42. The molecule has 7 N–H and O–H groups in total. The third-order valence-corrected chi connectivity index (χ3v) is 14.3. The largest absolute Gasteiger partial charge is 0.508 e. The van der Waals surface area contributed by atoms with Gasteiger partial charge in [-0.25, -0.2) is 4.79 Å². The molecule has 63 heavy (non-hydrogen) atoms. The normalized spacial score (nSPS) is 27.1. The van der Waals surface area contributed by atoms with E-state index in [9.17, 15) is 30.3 Å². The van der Waals surface area contributed by atoms with Gasteiger partial charge in [-0.1, -0.05) is 90.1 Å². The standard InChI is InChI=1S/C48H59N3O10S2/c1-3-20-49-21-7-12-32-10-5-4-9-31(32)11-6-8-30(2)38-25-51-28-48(57)45(59-29-63-62-27-40(38)34-19-22-50-24-34)43(54)44(46(55)56)61-47(48)60-36-17-18-37-41(23-36)58-26-39(42(37)53)33-13-15-35(52)16-14-33/h4-6,9-11,13-19,23-24,30,38,40,43-45,47,49,51-54,57H,3,7-8,12,20-22,25-29H2,1-2H3,(H,55,56). The number of aliphatic hydroxyl groups is 3. The number of phenolic OH excluding ortho intramolecular Hbond substituents is 1. The fourth-order valence-electron chi connectivity index (χ4n) is 8.69. The van der Waals surface area contributed by atoms with Gasteiger partial charge in [0.1, 0.15) is 47.8 Å². The molecule has 0 saturated carbocycles. The number of benzene rings is 3. The van der Waals surface area contributed by atoms with Gasteiger partial charge in [-0.2, -0.15) is 0 Å². The second kappa shape index (κ2) is 22.0. The highest BCUT2D eigenvalue weighted by Gasteiger charge is 2.59. The second-order valence-electron chi connectivity index (χ2n) is 16.5. The molecule has 8 atom stereocenters. The van der Waals surface area contributed by atoms with Gasteiger partial charge < -0.3 is 55.1 Å². The number of aliphatic imine (C=N–C) groups is 1. The summed E-state index contributed by atoms with van der Waals surface area (Å²) in [6, 6.07) is 19.7. The molecule has 3 aromatic rings. The summed E-state index contributed by atoms with van der Waals surface area (Å²) in [5.41, 5.74) is 3.26. The number of phenols is 1. The van der Waals surface area contributed by atoms with Gasteiger partial charge in [-0.05, 0) is 110 Å². The molecule has 0 aromatic heterocycles. The van der Waals surface area contributed by atoms with E-state index in [-0.39, 0.29) is 54.1 Å². The van der Waals surface area contributed by atoms with Crippen molar-refractivity contribution in [2.75, 3.05) is 51.0 Å². The van der Waals surface area contributed by atoms with E-state index in [1.165, 1.54) is 45.7 Å². The molecule has 3 aromatic carbocycles. The molecule has 8 unspecified atom stereocenters. The number of aliphatic hydroxyl groups excluding tert-OH is 2. The SMILES string of the molecule is CCCNCCCc1ccccc1C=CCC(C)C1CNCC2(O)C(Oc3ccc4c(c3)OCC(c3ccc(O)cc3)=C4O)OC(C(=O)O)C(O)C2OCSSCC1C1=CCN=C1. The monoisotopic (exact) mass is 901 g/mol. The number of ether oxygens (including phenoxy) is 4. The summed E-state index contributed by atoms with van der Waals surface area (Å²) in [4.78, 5) is 17.0. The molecule has 2 saturated heterocycles. The van der Waals surface area contributed by atoms with E-state index in [0.29, 0.717) is 35.5 Å². The number of carboxylic acid groups (broad SMARTS) is 1. The zero-order chi connectivity index (χ0) is 44.3. The maximum absolute atomic E-state index is 12.7. The van der Waals surface area contributed by atoms with E-state index in [1.807, 2.05) is 6.21 Å². The van der Waals surface area contributed by atoms with Crippen LogP contribution in [0, 0.1) is 17.8 Å². The molecule has 4 aliphatic heterocycles. The van der Waals surface area contributed by atoms with E-state index in [4.69, 9.17) is 18.9 Å². The van der Waals surface area contributed by atoms with Crippen LogP contribution in [-0.4, -0.2) is 119 Å². The highest BCUT2D eigenvalue weighted by atomic mass is 33.1. The summed E-state index contributed by atoms with van der Waals surface area (Å²) in [6.07, 6.45) is 6.12. The Hall–Kier alpha value is -4.32. The Balaban J connectivity index is 1.12. The third-order valence-electron chi connectivity index (χ3n) is 12.2. The highest BCUT2D eigenvalue weighted by Crippen LogP contribution is 2.42. The molecule has 0 radical (unpaired) electrons. The first-order valence-corrected chi connectivity index (χ1v) is 24.2. The second-order valence-corrected chi connectivity index (χ2v) is 19.0. The number of allylic oxidation sites excluding steroid dienone is 2. The minimum Gasteiger partial charge on any atom is -0.508 e. The van der Waals surface area contributed by atoms with Crippen LogP contribution in [-0.2, 0) is 20.7 Å². The van der Waals surface area contributed by atoms with Gasteiger partial charge in [0, 0.05) is 30.2 Å². The van der Waals surface area contributed by atoms with Crippen molar-refractivity contribution in [1.29, 1.82) is 0 Å². The maximum Gasteiger partial charge on any atom is 0.335 e. The van der Waals surface area contributed by atoms with E-state index in [0.717, 1.165) is 44.5 Å². The molecule has 0 bridgehead atoms. The van der Waals surface area contributed by atoms with Crippen LogP contribution >= 0.6 is 21.6 Å². The van der Waals surface area contributed by atoms with E-state index < -0.39 is 36.2 Å². The van der Waals surface area contributed by atoms with Crippen molar-refractivity contribution in [3.8, 4) is 17.2 Å². The van der Waals surface area contributed by atoms with Crippen molar-refractivity contribution in [2.24, 2.45) is 22.7 Å². The van der Waals surface area contributed by atoms with Crippen LogP contribution in [0.2, 0.25) is 0 Å². The van der Waals surface area contributed by atoms with Gasteiger partial charge in [0.15, 0.2) is 11.7 Å². The molecule has 2 fully saturated rings. The number of nitrogens with one attached hydrogen (secondary N) is 2. The average Bonchev–Trinajstić information content (AvgIpc) is 3.81. The Labute approximate surface area is 377 Å². The van der Waals surface area contributed by atoms with Crippen LogP contribution in [0.4, 0.5) is 0 Å². The molecule has 7 rings (SSSR count). The van der Waals surface area contributed by atoms with E-state index in [1.54, 1.807) is 35.1 Å². The summed E-state index contributed by atoms with van der Waals surface area (Å²) in [7, 11) is 3.06. The third kappa shape index (κ3) is 11.3. The highest BCUT2D eigenvalue weighted by molar-refractivity contribution is 8.76. The van der Waals surface area contributed by atoms with Crippen molar-refractivity contribution in [3.63, 3.8) is 0 Å². The van der Waals surface area contributed by atoms with Gasteiger partial charge >= 0.3 is 5.97 Å². The van der Waals surface area contributed by atoms with Crippen molar-refractivity contribution >= 4 is 51.2 Å². The minimum absolute atomic E-state index is 0.00424. The molecule has 15 heteroatoms. The lowest BCUT2D eigenvalue weighted by Gasteiger charge is -2.49. The van der Waals surface area contributed by atoms with Gasteiger partial charge in [0.05, 0.1) is 12.1 Å². The number of aliphatic carboxylic acids is 1. The molecular formula is C48H59N3O10S2. The Morgan fingerprint density at radius 2 is 1.94 bits per heavy atom. The fraction of sp³-hybridized carbons (Fsp3) is 0.458. The zero-order valence-corrected chi connectivity index (χ0v) is 37.4. The lowest BCUT2D eigenvalue weighted by atomic mass is 9.77. The van der Waals surface area contributed by atoms with Crippen LogP contribution in [0.25, 0.3) is 17.4 Å². The summed E-state index contributed by atoms with van der Waals surface area (Å²) >= 11 is 0. The molecule has 0 aliphatic carbocycles. The Kier molecular flexibility index (Phi) is 16.3. The maximum atomic E-state index is 12.7. The van der Waals surface area contributed by atoms with Crippen LogP contribution < -0.4 is 20.1 Å². The molecule has 0 amide bonds. The summed E-state index contributed by atoms with van der Waals surface area (Å²) in [5.74, 6) is 0.363. The van der Waals surface area contributed by atoms with E-state index >= 15 is 0 Å². The summed E-state index contributed by atoms with van der Waals surface area (Å²) in [5, 5.41) is 62.2. The molecule has 0 spiro atoms. The number of hydrogen-bond acceptors (Lipinski definition) is 14. The topological polar surface area (TPSA) is 192 Å². The first-order valence-electron chi connectivity index (χ1n) is 21.7. The quantitative estimate of drug-likeness (QED) is 0.0628. The van der Waals surface area contributed by atoms with Crippen molar-refractivity contribution in [1.82, 2.24) is 10.6 Å². The van der Waals surface area contributed by atoms with Crippen LogP contribution in [0.15, 0.2) is 89.4 Å². The minimum atomic E-state index is -2.08. The zero-order valence-electron chi connectivity index (χ0n) is 35.7. The number of carbonyl (C=O) groups is 1. The van der Waals surface area contributed by atoms with Gasteiger partial charge in [0.25, 0.3) is 0 Å². The number of fused-ring (bicyclic) bond motifs is 2. The number of nitrogens with zero attached hydrogens (tertiary/aromatic N) is 1.